The predicted octanol–water partition coefficient (Wildman–Crippen LogP) is 2.42. The van der Waals surface area contributed by atoms with Crippen molar-refractivity contribution < 1.29 is 33.9 Å². The number of quaternary nitrogens is 1. The molecule has 1 N–H and O–H groups in total. The Morgan fingerprint density at radius 3 is 2.31 bits per heavy atom. The molecule has 0 saturated heterocycles. The van der Waals surface area contributed by atoms with Gasteiger partial charge >= 0.3 is 0 Å². The van der Waals surface area contributed by atoms with E-state index in [4.69, 9.17) is 5.11 Å². The first kappa shape index (κ1) is 29.0. The van der Waals surface area contributed by atoms with Crippen LogP contribution in [-0.4, -0.2) is 67.2 Å². The van der Waals surface area contributed by atoms with Gasteiger partial charge in [-0.1, -0.05) is 20.8 Å². The molecule has 0 aromatic rings. The minimum Gasteiger partial charge on any atom is -0.550 e. The van der Waals surface area contributed by atoms with Crippen LogP contribution >= 0.6 is 0 Å². The van der Waals surface area contributed by atoms with E-state index in [0.29, 0.717) is 32.1 Å². The number of fused-ring (bicyclic) bond motifs is 5. The Morgan fingerprint density at radius 1 is 1.08 bits per heavy atom. The van der Waals surface area contributed by atoms with Crippen LogP contribution in [-0.2, 0) is 19.2 Å². The highest BCUT2D eigenvalue weighted by molar-refractivity contribution is 5.93. The maximum atomic E-state index is 13.6. The Labute approximate surface area is 216 Å². The lowest BCUT2D eigenvalue weighted by molar-refractivity contribution is -0.870. The van der Waals surface area contributed by atoms with Crippen molar-refractivity contribution in [3.8, 4) is 0 Å². The van der Waals surface area contributed by atoms with Crippen LogP contribution in [0.15, 0.2) is 0 Å². The average Bonchev–Trinajstić information content (AvgIpc) is 3.12. The molecule has 4 fully saturated rings. The van der Waals surface area contributed by atoms with Crippen LogP contribution < -0.4 is 5.11 Å². The Morgan fingerprint density at radius 2 is 1.75 bits per heavy atom. The number of hydrogen-bond donors (Lipinski definition) is 1. The van der Waals surface area contributed by atoms with Gasteiger partial charge in [-0.2, -0.15) is 0 Å². The SMILES string of the molecule is CC(CCC(=O)[O-])[C@H]1CC[C@H]2C3C(=O)CC4CC(=O)CCC4(C)[C@H]3CC(=O)C12C.C[N+](C)(C)CCO. The number of aliphatic hydroxyl groups excluding tert-OH is 1. The van der Waals surface area contributed by atoms with E-state index in [1.165, 1.54) is 0 Å². The second-order valence-corrected chi connectivity index (χ2v) is 13.6. The van der Waals surface area contributed by atoms with Crippen molar-refractivity contribution in [1.29, 1.82) is 0 Å². The Hall–Kier alpha value is -1.60. The molecular formula is C29H47NO6. The fraction of sp³-hybridized carbons (Fsp3) is 0.862. The summed E-state index contributed by atoms with van der Waals surface area (Å²) in [5, 5.41) is 19.3. The molecule has 4 rings (SSSR count). The number of aliphatic hydroxyl groups is 1. The summed E-state index contributed by atoms with van der Waals surface area (Å²) in [6, 6.07) is 0. The van der Waals surface area contributed by atoms with E-state index >= 15 is 0 Å². The monoisotopic (exact) mass is 505 g/mol. The summed E-state index contributed by atoms with van der Waals surface area (Å²) < 4.78 is 0.844. The second-order valence-electron chi connectivity index (χ2n) is 13.6. The van der Waals surface area contributed by atoms with Crippen molar-refractivity contribution in [3.63, 3.8) is 0 Å². The number of likely N-dealkylation sites (N-methyl/N-ethyl adjacent to an activating group) is 1. The van der Waals surface area contributed by atoms with Crippen molar-refractivity contribution in [3.05, 3.63) is 0 Å². The zero-order chi connectivity index (χ0) is 27.1. The van der Waals surface area contributed by atoms with Gasteiger partial charge in [-0.05, 0) is 67.1 Å². The van der Waals surface area contributed by atoms with Crippen LogP contribution in [0.3, 0.4) is 0 Å². The molecule has 0 aliphatic heterocycles. The normalized spacial score (nSPS) is 38.9. The van der Waals surface area contributed by atoms with Gasteiger partial charge < -0.3 is 19.5 Å². The van der Waals surface area contributed by atoms with Crippen molar-refractivity contribution in [2.45, 2.75) is 78.6 Å². The number of Topliss-reactive ketones (excluding diaryl/α,β-unsaturated/α-hetero) is 3. The number of hydrogen-bond acceptors (Lipinski definition) is 6. The van der Waals surface area contributed by atoms with Gasteiger partial charge in [0, 0.05) is 43.0 Å². The number of carboxylic acid groups (broad SMARTS) is 1. The first-order valence-corrected chi connectivity index (χ1v) is 13.8. The molecule has 0 spiro atoms. The molecule has 0 bridgehead atoms. The first-order chi connectivity index (χ1) is 16.6. The minimum atomic E-state index is -1.04. The highest BCUT2D eigenvalue weighted by atomic mass is 16.4. The topological polar surface area (TPSA) is 112 Å². The van der Waals surface area contributed by atoms with Crippen LogP contribution in [0.25, 0.3) is 0 Å². The van der Waals surface area contributed by atoms with Gasteiger partial charge in [-0.15, -0.1) is 0 Å². The summed E-state index contributed by atoms with van der Waals surface area (Å²) in [6.45, 7) is 7.44. The smallest absolute Gasteiger partial charge is 0.139 e. The molecule has 4 saturated carbocycles. The second kappa shape index (κ2) is 10.6. The molecule has 36 heavy (non-hydrogen) atoms. The molecule has 0 aromatic heterocycles. The molecule has 4 aliphatic carbocycles. The van der Waals surface area contributed by atoms with Crippen LogP contribution in [0.5, 0.6) is 0 Å². The molecule has 0 radical (unpaired) electrons. The van der Waals surface area contributed by atoms with Crippen molar-refractivity contribution >= 4 is 23.3 Å². The average molecular weight is 506 g/mol. The van der Waals surface area contributed by atoms with E-state index < -0.39 is 11.4 Å². The highest BCUT2D eigenvalue weighted by Crippen LogP contribution is 2.66. The fourth-order valence-electron chi connectivity index (χ4n) is 8.24. The van der Waals surface area contributed by atoms with Crippen molar-refractivity contribution in [2.24, 2.45) is 46.3 Å². The quantitative estimate of drug-likeness (QED) is 0.555. The van der Waals surface area contributed by atoms with Gasteiger partial charge in [-0.3, -0.25) is 14.4 Å². The third kappa shape index (κ3) is 5.47. The number of rotatable bonds is 6. The predicted molar refractivity (Wildman–Crippen MR) is 134 cm³/mol. The van der Waals surface area contributed by atoms with E-state index in [2.05, 4.69) is 35.0 Å². The third-order valence-corrected chi connectivity index (χ3v) is 10.5. The van der Waals surface area contributed by atoms with Gasteiger partial charge in [0.25, 0.3) is 0 Å². The Balaban J connectivity index is 0.000000454. The fourth-order valence-corrected chi connectivity index (χ4v) is 8.24. The van der Waals surface area contributed by atoms with Crippen LogP contribution in [0, 0.1) is 46.3 Å². The molecule has 8 atom stereocenters. The lowest BCUT2D eigenvalue weighted by Gasteiger charge is -2.58. The maximum absolute atomic E-state index is 13.6. The Kier molecular flexibility index (Phi) is 8.56. The van der Waals surface area contributed by atoms with Crippen molar-refractivity contribution in [1.82, 2.24) is 0 Å². The Bertz CT molecular complexity index is 877. The maximum Gasteiger partial charge on any atom is 0.139 e. The van der Waals surface area contributed by atoms with E-state index in [1.807, 2.05) is 6.92 Å². The number of nitrogens with zero attached hydrogens (tertiary/aromatic N) is 1. The van der Waals surface area contributed by atoms with Gasteiger partial charge in [0.2, 0.25) is 0 Å². The van der Waals surface area contributed by atoms with Crippen molar-refractivity contribution in [2.75, 3.05) is 34.3 Å². The van der Waals surface area contributed by atoms with Crippen LogP contribution in [0.1, 0.15) is 78.6 Å². The van der Waals surface area contributed by atoms with Crippen LogP contribution in [0.2, 0.25) is 0 Å². The summed E-state index contributed by atoms with van der Waals surface area (Å²) in [7, 11) is 6.16. The van der Waals surface area contributed by atoms with Crippen LogP contribution in [0.4, 0.5) is 0 Å². The molecular weight excluding hydrogens is 458 g/mol. The number of carbonyl (C=O) groups excluding carboxylic acids is 4. The molecule has 4 aliphatic rings. The molecule has 7 nitrogen and oxygen atoms in total. The van der Waals surface area contributed by atoms with Gasteiger partial charge in [0.1, 0.15) is 23.9 Å². The largest absolute Gasteiger partial charge is 0.550 e. The van der Waals surface area contributed by atoms with Gasteiger partial charge in [0.05, 0.1) is 27.7 Å². The molecule has 5 unspecified atom stereocenters. The summed E-state index contributed by atoms with van der Waals surface area (Å²) >= 11 is 0. The summed E-state index contributed by atoms with van der Waals surface area (Å²) in [6.07, 6.45) is 5.08. The lowest BCUT2D eigenvalue weighted by Crippen LogP contribution is -2.60. The lowest BCUT2D eigenvalue weighted by atomic mass is 9.44. The number of carbonyl (C=O) groups is 4. The highest BCUT2D eigenvalue weighted by Gasteiger charge is 2.66. The molecule has 204 valence electrons. The number of ketones is 3. The van der Waals surface area contributed by atoms with E-state index in [0.717, 1.165) is 30.3 Å². The number of aliphatic carboxylic acids is 1. The molecule has 0 aromatic carbocycles. The van der Waals surface area contributed by atoms with E-state index in [-0.39, 0.29) is 71.3 Å². The van der Waals surface area contributed by atoms with E-state index in [1.54, 1.807) is 0 Å². The molecule has 0 heterocycles. The standard InChI is InChI=1S/C24H34O5.C5H14NO/c1-13(4-7-21(28)29)16-5-6-17-22-18(12-20(27)24(16,17)3)23(2)9-8-15(25)10-14(23)11-19(22)26;1-6(2,3)4-5-7/h13-14,16-18,22H,4-12H2,1-3H3,(H,28,29);7H,4-5H2,1-3H3/q;+1/p-1/t13?,14?,16-,17+,18+,22?,23?,24?;/m1./s1. The summed E-state index contributed by atoms with van der Waals surface area (Å²) in [5.41, 5.74) is -0.627. The molecule has 0 amide bonds. The first-order valence-electron chi connectivity index (χ1n) is 13.8. The summed E-state index contributed by atoms with van der Waals surface area (Å²) in [5.74, 6) is 0.130. The van der Waals surface area contributed by atoms with E-state index in [9.17, 15) is 24.3 Å². The van der Waals surface area contributed by atoms with Gasteiger partial charge in [0.15, 0.2) is 0 Å². The third-order valence-electron chi connectivity index (χ3n) is 10.5. The zero-order valence-electron chi connectivity index (χ0n) is 23.2. The molecule has 7 heteroatoms. The number of carboxylic acids is 1. The minimum absolute atomic E-state index is 0.0192. The zero-order valence-corrected chi connectivity index (χ0v) is 23.2. The summed E-state index contributed by atoms with van der Waals surface area (Å²) in [4.78, 5) is 49.8. The van der Waals surface area contributed by atoms with Gasteiger partial charge in [-0.25, -0.2) is 0 Å².